The summed E-state index contributed by atoms with van der Waals surface area (Å²) in [6, 6.07) is 8.60. The summed E-state index contributed by atoms with van der Waals surface area (Å²) in [6.45, 7) is 4.11. The molecule has 110 valence electrons. The fourth-order valence-corrected chi connectivity index (χ4v) is 3.13. The standard InChI is InChI=1S/C16H25N3O/c1-2-19(14-9-4-3-5-10-14)12-13-8-6-7-11-15(13)16(17)18-20/h6-8,11,14,20H,2-5,9-10,12H2,1H3,(H2,17,18). The molecule has 4 heteroatoms. The number of amidine groups is 1. The highest BCUT2D eigenvalue weighted by Gasteiger charge is 2.21. The lowest BCUT2D eigenvalue weighted by Gasteiger charge is -2.34. The number of nitrogens with two attached hydrogens (primary N) is 1. The second-order valence-corrected chi connectivity index (χ2v) is 5.50. The smallest absolute Gasteiger partial charge is 0.170 e. The van der Waals surface area contributed by atoms with Crippen LogP contribution in [0.4, 0.5) is 0 Å². The van der Waals surface area contributed by atoms with Crippen LogP contribution < -0.4 is 5.73 Å². The Hall–Kier alpha value is -1.55. The van der Waals surface area contributed by atoms with E-state index in [1.165, 1.54) is 32.1 Å². The van der Waals surface area contributed by atoms with Gasteiger partial charge in [-0.1, -0.05) is 55.6 Å². The van der Waals surface area contributed by atoms with Crippen LogP contribution in [0.3, 0.4) is 0 Å². The minimum Gasteiger partial charge on any atom is -0.409 e. The Bertz CT molecular complexity index is 453. The normalized spacial score (nSPS) is 17.6. The van der Waals surface area contributed by atoms with Crippen molar-refractivity contribution in [3.63, 3.8) is 0 Å². The summed E-state index contributed by atoms with van der Waals surface area (Å²) >= 11 is 0. The SMILES string of the molecule is CCN(Cc1ccccc1/C(N)=N/O)C1CCCCC1. The second kappa shape index (κ2) is 7.29. The summed E-state index contributed by atoms with van der Waals surface area (Å²) < 4.78 is 0. The topological polar surface area (TPSA) is 61.8 Å². The average molecular weight is 275 g/mol. The van der Waals surface area contributed by atoms with Crippen LogP contribution in [-0.4, -0.2) is 28.5 Å². The fourth-order valence-electron chi connectivity index (χ4n) is 3.13. The van der Waals surface area contributed by atoms with E-state index in [2.05, 4.69) is 23.0 Å². The molecule has 0 amide bonds. The van der Waals surface area contributed by atoms with E-state index in [1.54, 1.807) is 0 Å². The molecule has 0 heterocycles. The summed E-state index contributed by atoms with van der Waals surface area (Å²) in [4.78, 5) is 2.52. The molecule has 0 atom stereocenters. The van der Waals surface area contributed by atoms with Crippen molar-refractivity contribution in [2.75, 3.05) is 6.54 Å². The number of hydrogen-bond donors (Lipinski definition) is 2. The first kappa shape index (κ1) is 14.9. The molecule has 1 aromatic carbocycles. The van der Waals surface area contributed by atoms with E-state index < -0.39 is 0 Å². The van der Waals surface area contributed by atoms with Crippen LogP contribution in [0.1, 0.15) is 50.2 Å². The lowest BCUT2D eigenvalue weighted by molar-refractivity contribution is 0.156. The van der Waals surface area contributed by atoms with Crippen molar-refractivity contribution < 1.29 is 5.21 Å². The van der Waals surface area contributed by atoms with Crippen molar-refractivity contribution >= 4 is 5.84 Å². The van der Waals surface area contributed by atoms with Gasteiger partial charge in [0.1, 0.15) is 0 Å². The summed E-state index contributed by atoms with van der Waals surface area (Å²) in [5, 5.41) is 12.0. The molecule has 20 heavy (non-hydrogen) atoms. The van der Waals surface area contributed by atoms with Crippen LogP contribution in [0.25, 0.3) is 0 Å². The van der Waals surface area contributed by atoms with Crippen molar-refractivity contribution in [2.45, 2.75) is 51.6 Å². The Morgan fingerprint density at radius 3 is 2.65 bits per heavy atom. The minimum atomic E-state index is 0.195. The average Bonchev–Trinajstić information content (AvgIpc) is 2.53. The predicted molar refractivity (Wildman–Crippen MR) is 81.9 cm³/mol. The number of benzene rings is 1. The van der Waals surface area contributed by atoms with Gasteiger partial charge in [-0.3, -0.25) is 4.90 Å². The van der Waals surface area contributed by atoms with Gasteiger partial charge < -0.3 is 10.9 Å². The molecular weight excluding hydrogens is 250 g/mol. The summed E-state index contributed by atoms with van der Waals surface area (Å²) in [7, 11) is 0. The molecule has 1 aromatic rings. The number of nitrogens with zero attached hydrogens (tertiary/aromatic N) is 2. The van der Waals surface area contributed by atoms with Crippen molar-refractivity contribution in [3.05, 3.63) is 35.4 Å². The molecule has 0 bridgehead atoms. The van der Waals surface area contributed by atoms with Crippen LogP contribution >= 0.6 is 0 Å². The van der Waals surface area contributed by atoms with E-state index in [0.717, 1.165) is 24.2 Å². The first-order valence-electron chi connectivity index (χ1n) is 7.56. The van der Waals surface area contributed by atoms with Crippen molar-refractivity contribution in [3.8, 4) is 0 Å². The van der Waals surface area contributed by atoms with Crippen LogP contribution in [0.15, 0.2) is 29.4 Å². The quantitative estimate of drug-likeness (QED) is 0.376. The minimum absolute atomic E-state index is 0.195. The summed E-state index contributed by atoms with van der Waals surface area (Å²) in [5.41, 5.74) is 7.74. The zero-order valence-corrected chi connectivity index (χ0v) is 12.3. The maximum Gasteiger partial charge on any atom is 0.170 e. The lowest BCUT2D eigenvalue weighted by atomic mass is 9.93. The molecule has 0 saturated heterocycles. The molecule has 0 aliphatic heterocycles. The molecule has 3 N–H and O–H groups in total. The fraction of sp³-hybridized carbons (Fsp3) is 0.562. The Labute approximate surface area is 121 Å². The van der Waals surface area contributed by atoms with Gasteiger partial charge in [0, 0.05) is 18.2 Å². The molecule has 0 aromatic heterocycles. The third-order valence-electron chi connectivity index (χ3n) is 4.27. The molecule has 0 radical (unpaired) electrons. The first-order chi connectivity index (χ1) is 9.76. The van der Waals surface area contributed by atoms with E-state index in [0.29, 0.717) is 6.04 Å². The van der Waals surface area contributed by atoms with Crippen LogP contribution in [-0.2, 0) is 6.54 Å². The van der Waals surface area contributed by atoms with Crippen molar-refractivity contribution in [2.24, 2.45) is 10.9 Å². The van der Waals surface area contributed by atoms with Crippen molar-refractivity contribution in [1.29, 1.82) is 0 Å². The van der Waals surface area contributed by atoms with Crippen LogP contribution in [0.5, 0.6) is 0 Å². The number of oxime groups is 1. The molecule has 1 fully saturated rings. The highest BCUT2D eigenvalue weighted by molar-refractivity contribution is 5.98. The Morgan fingerprint density at radius 1 is 1.30 bits per heavy atom. The molecule has 2 rings (SSSR count). The van der Waals surface area contributed by atoms with E-state index in [4.69, 9.17) is 10.9 Å². The van der Waals surface area contributed by atoms with Gasteiger partial charge in [-0.2, -0.15) is 0 Å². The lowest BCUT2D eigenvalue weighted by Crippen LogP contribution is -2.36. The van der Waals surface area contributed by atoms with Gasteiger partial charge in [0.2, 0.25) is 0 Å². The van der Waals surface area contributed by atoms with Crippen LogP contribution in [0, 0.1) is 0 Å². The second-order valence-electron chi connectivity index (χ2n) is 5.50. The van der Waals surface area contributed by atoms with Gasteiger partial charge in [-0.25, -0.2) is 0 Å². The van der Waals surface area contributed by atoms with E-state index in [-0.39, 0.29) is 5.84 Å². The van der Waals surface area contributed by atoms with E-state index in [1.807, 2.05) is 18.2 Å². The molecule has 1 aliphatic rings. The predicted octanol–water partition coefficient (Wildman–Crippen LogP) is 2.94. The zero-order chi connectivity index (χ0) is 14.4. The number of hydrogen-bond acceptors (Lipinski definition) is 3. The molecule has 1 aliphatic carbocycles. The zero-order valence-electron chi connectivity index (χ0n) is 12.3. The van der Waals surface area contributed by atoms with Crippen molar-refractivity contribution in [1.82, 2.24) is 4.90 Å². The molecule has 0 spiro atoms. The van der Waals surface area contributed by atoms with Gasteiger partial charge in [0.05, 0.1) is 0 Å². The highest BCUT2D eigenvalue weighted by Crippen LogP contribution is 2.24. The van der Waals surface area contributed by atoms with Crippen LogP contribution in [0.2, 0.25) is 0 Å². The molecular formula is C16H25N3O. The third-order valence-corrected chi connectivity index (χ3v) is 4.27. The monoisotopic (exact) mass is 275 g/mol. The Morgan fingerprint density at radius 2 is 2.00 bits per heavy atom. The van der Waals surface area contributed by atoms with E-state index >= 15 is 0 Å². The molecule has 4 nitrogen and oxygen atoms in total. The Balaban J connectivity index is 2.14. The first-order valence-corrected chi connectivity index (χ1v) is 7.56. The highest BCUT2D eigenvalue weighted by atomic mass is 16.4. The molecule has 0 unspecified atom stereocenters. The number of rotatable bonds is 5. The summed E-state index contributed by atoms with van der Waals surface area (Å²) in [5.74, 6) is 0.195. The summed E-state index contributed by atoms with van der Waals surface area (Å²) in [6.07, 6.45) is 6.63. The van der Waals surface area contributed by atoms with Gasteiger partial charge in [-0.15, -0.1) is 0 Å². The third kappa shape index (κ3) is 3.51. The van der Waals surface area contributed by atoms with E-state index in [9.17, 15) is 0 Å². The van der Waals surface area contributed by atoms with Gasteiger partial charge in [0.25, 0.3) is 0 Å². The largest absolute Gasteiger partial charge is 0.409 e. The van der Waals surface area contributed by atoms with Gasteiger partial charge in [-0.05, 0) is 24.9 Å². The maximum atomic E-state index is 8.90. The molecule has 1 saturated carbocycles. The Kier molecular flexibility index (Phi) is 5.41. The van der Waals surface area contributed by atoms with Gasteiger partial charge >= 0.3 is 0 Å². The van der Waals surface area contributed by atoms with Gasteiger partial charge in [0.15, 0.2) is 5.84 Å². The maximum absolute atomic E-state index is 8.90.